The van der Waals surface area contributed by atoms with E-state index in [1.165, 1.54) is 10.2 Å². The number of nitrogens with zero attached hydrogens (tertiary/aromatic N) is 3. The highest BCUT2D eigenvalue weighted by Crippen LogP contribution is 2.39. The fraction of sp³-hybridized carbons (Fsp3) is 0.326. The van der Waals surface area contributed by atoms with Crippen molar-refractivity contribution in [2.45, 2.75) is 91.6 Å². The van der Waals surface area contributed by atoms with Gasteiger partial charge in [-0.05, 0) is 91.1 Å². The fourth-order valence-corrected chi connectivity index (χ4v) is 5.69. The highest BCUT2D eigenvalue weighted by Gasteiger charge is 2.29. The summed E-state index contributed by atoms with van der Waals surface area (Å²) in [5, 5.41) is 17.2. The van der Waals surface area contributed by atoms with Crippen molar-refractivity contribution in [3.05, 3.63) is 130 Å². The molecule has 5 aromatic rings. The maximum absolute atomic E-state index is 13.6. The molecule has 1 atom stereocenters. The van der Waals surface area contributed by atoms with E-state index in [1.54, 1.807) is 60.7 Å². The van der Waals surface area contributed by atoms with Gasteiger partial charge in [0.1, 0.15) is 5.75 Å². The first kappa shape index (κ1) is 38.5. The number of carbonyl (C=O) groups is 2. The molecule has 1 aromatic heterocycles. The summed E-state index contributed by atoms with van der Waals surface area (Å²) in [6.07, 6.45) is 1.56. The van der Waals surface area contributed by atoms with Crippen LogP contribution in [0.5, 0.6) is 5.75 Å². The number of nitrogens with one attached hydrogen (secondary N) is 3. The van der Waals surface area contributed by atoms with Crippen molar-refractivity contribution in [1.82, 2.24) is 9.78 Å². The number of azo groups is 1. The highest BCUT2D eigenvalue weighted by molar-refractivity contribution is 6.06. The number of anilines is 2. The third-order valence-electron chi connectivity index (χ3n) is 10.0. The van der Waals surface area contributed by atoms with Crippen LogP contribution in [0, 0.1) is 6.92 Å². The molecule has 0 spiro atoms. The maximum Gasteiger partial charge on any atom is 0.301 e. The molecule has 0 aliphatic rings. The molecule has 0 unspecified atom stereocenters. The van der Waals surface area contributed by atoms with Gasteiger partial charge in [0.05, 0.1) is 11.4 Å². The lowest BCUT2D eigenvalue weighted by Crippen LogP contribution is -2.33. The molecule has 5 rings (SSSR count). The van der Waals surface area contributed by atoms with Crippen molar-refractivity contribution in [3.8, 4) is 11.4 Å². The average molecular weight is 715 g/mol. The van der Waals surface area contributed by atoms with E-state index in [4.69, 9.17) is 4.74 Å². The number of hydrogen-bond acceptors (Lipinski definition) is 6. The second kappa shape index (κ2) is 16.3. The van der Waals surface area contributed by atoms with Crippen molar-refractivity contribution >= 4 is 34.7 Å². The molecule has 1 heterocycles. The summed E-state index contributed by atoms with van der Waals surface area (Å²) in [6.45, 7) is 17.1. The number of H-pyrrole nitrogens is 1. The number of aryl methyl sites for hydroxylation is 1. The van der Waals surface area contributed by atoms with Crippen LogP contribution in [0.1, 0.15) is 94.8 Å². The molecule has 2 amide bonds. The smallest absolute Gasteiger partial charge is 0.301 e. The Morgan fingerprint density at radius 3 is 2.17 bits per heavy atom. The molecule has 0 saturated carbocycles. The molecule has 276 valence electrons. The number of benzene rings is 4. The minimum absolute atomic E-state index is 0.00417. The number of ether oxygens (including phenoxy) is 1. The van der Waals surface area contributed by atoms with Crippen molar-refractivity contribution in [3.63, 3.8) is 0 Å². The third kappa shape index (κ3) is 9.00. The molecule has 0 saturated heterocycles. The molecule has 0 aliphatic carbocycles. The highest BCUT2D eigenvalue weighted by atomic mass is 16.5. The van der Waals surface area contributed by atoms with Gasteiger partial charge in [-0.1, -0.05) is 103 Å². The number of rotatable bonds is 14. The molecule has 53 heavy (non-hydrogen) atoms. The Bertz CT molecular complexity index is 2150. The molecular weight excluding hydrogens is 665 g/mol. The van der Waals surface area contributed by atoms with E-state index in [1.807, 2.05) is 38.1 Å². The van der Waals surface area contributed by atoms with Gasteiger partial charge in [-0.25, -0.2) is 4.68 Å². The van der Waals surface area contributed by atoms with E-state index in [0.717, 1.165) is 24.0 Å². The van der Waals surface area contributed by atoms with Crippen LogP contribution in [0.25, 0.3) is 5.69 Å². The Kier molecular flexibility index (Phi) is 11.8. The maximum atomic E-state index is 13.6. The van der Waals surface area contributed by atoms with Crippen LogP contribution < -0.4 is 20.9 Å². The van der Waals surface area contributed by atoms with E-state index in [0.29, 0.717) is 29.2 Å². The lowest BCUT2D eigenvalue weighted by molar-refractivity contribution is -0.122. The predicted molar refractivity (Wildman–Crippen MR) is 213 cm³/mol. The molecule has 10 heteroatoms. The Labute approximate surface area is 311 Å². The Balaban J connectivity index is 1.37. The van der Waals surface area contributed by atoms with Crippen LogP contribution in [0.2, 0.25) is 0 Å². The third-order valence-corrected chi connectivity index (χ3v) is 10.0. The first-order chi connectivity index (χ1) is 25.3. The topological polar surface area (TPSA) is 130 Å². The molecule has 4 aromatic carbocycles. The van der Waals surface area contributed by atoms with Crippen LogP contribution in [0.15, 0.2) is 112 Å². The number of carbonyl (C=O) groups excluding carboxylic acids is 2. The van der Waals surface area contributed by atoms with Crippen molar-refractivity contribution < 1.29 is 14.3 Å². The number of aromatic nitrogens is 2. The molecule has 0 bridgehead atoms. The molecule has 3 N–H and O–H groups in total. The number of para-hydroxylation sites is 1. The summed E-state index contributed by atoms with van der Waals surface area (Å²) >= 11 is 0. The number of amides is 2. The summed E-state index contributed by atoms with van der Waals surface area (Å²) in [4.78, 5) is 40.8. The van der Waals surface area contributed by atoms with Crippen molar-refractivity contribution in [1.29, 1.82) is 0 Å². The van der Waals surface area contributed by atoms with Crippen molar-refractivity contribution in [2.75, 3.05) is 10.6 Å². The van der Waals surface area contributed by atoms with Gasteiger partial charge >= 0.3 is 5.56 Å². The van der Waals surface area contributed by atoms with Crippen LogP contribution in [0.3, 0.4) is 0 Å². The first-order valence-corrected chi connectivity index (χ1v) is 18.2. The van der Waals surface area contributed by atoms with Crippen LogP contribution in [0.4, 0.5) is 22.9 Å². The van der Waals surface area contributed by atoms with Crippen LogP contribution in [-0.4, -0.2) is 27.7 Å². The van der Waals surface area contributed by atoms with Gasteiger partial charge in [0, 0.05) is 16.8 Å². The van der Waals surface area contributed by atoms with Gasteiger partial charge in [0.25, 0.3) is 11.8 Å². The van der Waals surface area contributed by atoms with Crippen LogP contribution in [-0.2, 0) is 15.6 Å². The minimum Gasteiger partial charge on any atom is -0.480 e. The normalized spacial score (nSPS) is 12.5. The quantitative estimate of drug-likeness (QED) is 0.0989. The lowest BCUT2D eigenvalue weighted by atomic mass is 9.76. The van der Waals surface area contributed by atoms with E-state index in [2.05, 4.69) is 79.6 Å². The molecule has 10 nitrogen and oxygen atoms in total. The minimum atomic E-state index is -0.770. The molecule has 0 fully saturated rings. The second-order valence-electron chi connectivity index (χ2n) is 14.6. The van der Waals surface area contributed by atoms with Gasteiger partial charge in [0.15, 0.2) is 17.6 Å². The van der Waals surface area contributed by atoms with Gasteiger partial charge in [-0.2, -0.15) is 5.11 Å². The monoisotopic (exact) mass is 714 g/mol. The van der Waals surface area contributed by atoms with Crippen LogP contribution >= 0.6 is 0 Å². The molecule has 0 radical (unpaired) electrons. The first-order valence-electron chi connectivity index (χ1n) is 18.2. The Morgan fingerprint density at radius 2 is 1.51 bits per heavy atom. The zero-order chi connectivity index (χ0) is 38.3. The Hall–Kier alpha value is -5.77. The van der Waals surface area contributed by atoms with Gasteiger partial charge in [0.2, 0.25) is 0 Å². The zero-order valence-corrected chi connectivity index (χ0v) is 31.9. The number of aromatic amines is 1. The molecule has 0 aliphatic heterocycles. The molecular formula is C43H50N6O4. The lowest BCUT2D eigenvalue weighted by Gasteiger charge is -2.31. The largest absolute Gasteiger partial charge is 0.480 e. The standard InChI is InChI=1S/C43H50N6O4/c1-9-35(53-36-25-22-30(42(5,6)10-2)27-34(36)43(7,8)11-3)40(51)44-32-17-15-16-29(26-32)39(50)45-38-37(47-46-31-23-20-28(4)21-24-31)41(52)49(48-38)33-18-13-12-14-19-33/h12-27,35,48H,9-11H2,1-8H3,(H,44,51)(H,45,50)/t35-/m0/s1. The summed E-state index contributed by atoms with van der Waals surface area (Å²) in [7, 11) is 0. The summed E-state index contributed by atoms with van der Waals surface area (Å²) in [5.41, 5.74) is 4.46. The summed E-state index contributed by atoms with van der Waals surface area (Å²) < 4.78 is 7.75. The van der Waals surface area contributed by atoms with Gasteiger partial charge in [-0.15, -0.1) is 5.11 Å². The zero-order valence-electron chi connectivity index (χ0n) is 31.9. The van der Waals surface area contributed by atoms with E-state index in [9.17, 15) is 14.4 Å². The van der Waals surface area contributed by atoms with E-state index in [-0.39, 0.29) is 33.8 Å². The van der Waals surface area contributed by atoms with E-state index < -0.39 is 17.6 Å². The second-order valence-corrected chi connectivity index (χ2v) is 14.6. The summed E-state index contributed by atoms with van der Waals surface area (Å²) in [5.74, 6) is -0.0762. The van der Waals surface area contributed by atoms with Gasteiger partial charge < -0.3 is 15.4 Å². The number of hydrogen-bond donors (Lipinski definition) is 3. The average Bonchev–Trinajstić information content (AvgIpc) is 3.47. The fourth-order valence-electron chi connectivity index (χ4n) is 5.69. The SMILES string of the molecule is CC[C@H](Oc1ccc(C(C)(C)CC)cc1C(C)(C)CC)C(=O)Nc1cccc(C(=O)Nc2[nH]n(-c3ccccc3)c(=O)c2N=Nc2ccc(C)cc2)c1. The predicted octanol–water partition coefficient (Wildman–Crippen LogP) is 10.3. The summed E-state index contributed by atoms with van der Waals surface area (Å²) in [6, 6.07) is 29.3. The van der Waals surface area contributed by atoms with E-state index >= 15 is 0 Å². The van der Waals surface area contributed by atoms with Gasteiger partial charge in [-0.3, -0.25) is 19.5 Å². The Morgan fingerprint density at radius 1 is 0.811 bits per heavy atom. The van der Waals surface area contributed by atoms with Crippen molar-refractivity contribution in [2.24, 2.45) is 10.2 Å².